The minimum absolute atomic E-state index is 0.0281. The van der Waals surface area contributed by atoms with Gasteiger partial charge in [0.25, 0.3) is 5.69 Å². The van der Waals surface area contributed by atoms with E-state index in [0.29, 0.717) is 5.69 Å². The van der Waals surface area contributed by atoms with Crippen molar-refractivity contribution in [1.29, 1.82) is 0 Å². The van der Waals surface area contributed by atoms with Crippen LogP contribution in [0.3, 0.4) is 0 Å². The van der Waals surface area contributed by atoms with E-state index in [4.69, 9.17) is 31.4 Å². The highest BCUT2D eigenvalue weighted by Crippen LogP contribution is 2.28. The molecule has 0 spiro atoms. The number of nitro groups is 1. The molecule has 0 fully saturated rings. The Hall–Kier alpha value is -3.50. The number of hydrogen-bond donors (Lipinski definition) is 4. The lowest BCUT2D eigenvalue weighted by Crippen LogP contribution is -2.38. The van der Waals surface area contributed by atoms with E-state index >= 15 is 0 Å². The van der Waals surface area contributed by atoms with Crippen LogP contribution in [0.2, 0.25) is 5.02 Å². The number of carbonyl (C=O) groups excluding carboxylic acids is 1. The molecule has 2 atom stereocenters. The fourth-order valence-electron chi connectivity index (χ4n) is 2.32. The van der Waals surface area contributed by atoms with Crippen LogP contribution in [0.1, 0.15) is 31.9 Å². The lowest BCUT2D eigenvalue weighted by molar-refractivity contribution is -0.384. The molecule has 10 nitrogen and oxygen atoms in total. The summed E-state index contributed by atoms with van der Waals surface area (Å²) >= 11 is 5.81. The van der Waals surface area contributed by atoms with Crippen LogP contribution in [-0.4, -0.2) is 39.0 Å². The second kappa shape index (κ2) is 12.3. The topological polar surface area (TPSA) is 159 Å². The Bertz CT molecular complexity index is 926. The number of carboxylic acids is 2. The summed E-state index contributed by atoms with van der Waals surface area (Å²) in [5.41, 5.74) is 0.905. The fraction of sp³-hybridized carbons (Fsp3) is 0.250. The Labute approximate surface area is 183 Å². The molecule has 0 aliphatic rings. The van der Waals surface area contributed by atoms with Gasteiger partial charge in [-0.15, -0.1) is 0 Å². The van der Waals surface area contributed by atoms with Crippen molar-refractivity contribution in [1.82, 2.24) is 5.32 Å². The molecule has 0 aliphatic carbocycles. The van der Waals surface area contributed by atoms with Crippen LogP contribution >= 0.6 is 11.6 Å². The van der Waals surface area contributed by atoms with Crippen molar-refractivity contribution >= 4 is 40.8 Å². The van der Waals surface area contributed by atoms with Gasteiger partial charge in [0.2, 0.25) is 5.91 Å². The molecule has 2 aromatic rings. The third-order valence-corrected chi connectivity index (χ3v) is 4.37. The largest absolute Gasteiger partial charge is 0.473 e. The summed E-state index contributed by atoms with van der Waals surface area (Å²) in [5.74, 6) is -3.94. The van der Waals surface area contributed by atoms with E-state index in [1.807, 2.05) is 44.2 Å². The highest BCUT2D eigenvalue weighted by Gasteiger charge is 2.23. The molecule has 0 bridgehead atoms. The van der Waals surface area contributed by atoms with Gasteiger partial charge < -0.3 is 15.5 Å². The summed E-state index contributed by atoms with van der Waals surface area (Å²) in [6.45, 7) is 4.02. The van der Waals surface area contributed by atoms with Crippen molar-refractivity contribution in [2.24, 2.45) is 0 Å². The van der Waals surface area contributed by atoms with E-state index in [9.17, 15) is 14.9 Å². The number of hydrogen-bond acceptors (Lipinski definition) is 6. The Balaban J connectivity index is 0.000000703. The van der Waals surface area contributed by atoms with Crippen LogP contribution in [-0.2, 0) is 14.4 Å². The first-order valence-corrected chi connectivity index (χ1v) is 9.46. The van der Waals surface area contributed by atoms with Gasteiger partial charge >= 0.3 is 11.9 Å². The van der Waals surface area contributed by atoms with Crippen LogP contribution < -0.4 is 10.6 Å². The van der Waals surface area contributed by atoms with Crippen LogP contribution in [0.25, 0.3) is 0 Å². The zero-order valence-corrected chi connectivity index (χ0v) is 17.5. The number of carboxylic acid groups (broad SMARTS) is 2. The predicted octanol–water partition coefficient (Wildman–Crippen LogP) is 3.47. The quantitative estimate of drug-likeness (QED) is 0.283. The third kappa shape index (κ3) is 8.41. The van der Waals surface area contributed by atoms with Crippen LogP contribution in [0, 0.1) is 10.1 Å². The summed E-state index contributed by atoms with van der Waals surface area (Å²) in [7, 11) is 0. The van der Waals surface area contributed by atoms with Crippen molar-refractivity contribution in [3.05, 3.63) is 69.2 Å². The number of halogens is 1. The highest BCUT2D eigenvalue weighted by atomic mass is 35.5. The molecule has 0 saturated carbocycles. The number of anilines is 1. The first-order chi connectivity index (χ1) is 14.6. The van der Waals surface area contributed by atoms with Crippen molar-refractivity contribution in [2.75, 3.05) is 5.32 Å². The molecule has 31 heavy (non-hydrogen) atoms. The molecule has 2 unspecified atom stereocenters. The van der Waals surface area contributed by atoms with Gasteiger partial charge in [0.15, 0.2) is 0 Å². The maximum Gasteiger partial charge on any atom is 0.414 e. The van der Waals surface area contributed by atoms with Crippen molar-refractivity contribution < 1.29 is 29.5 Å². The average Bonchev–Trinajstić information content (AvgIpc) is 2.73. The van der Waals surface area contributed by atoms with Crippen molar-refractivity contribution in [3.8, 4) is 0 Å². The smallest absolute Gasteiger partial charge is 0.414 e. The summed E-state index contributed by atoms with van der Waals surface area (Å²) in [6.07, 6.45) is 0.864. The minimum atomic E-state index is -1.82. The number of benzene rings is 2. The van der Waals surface area contributed by atoms with E-state index in [2.05, 4.69) is 10.6 Å². The van der Waals surface area contributed by atoms with Gasteiger partial charge in [-0.3, -0.25) is 20.2 Å². The monoisotopic (exact) mass is 451 g/mol. The van der Waals surface area contributed by atoms with Crippen molar-refractivity contribution in [2.45, 2.75) is 32.4 Å². The molecule has 1 amide bonds. The van der Waals surface area contributed by atoms with E-state index in [1.54, 1.807) is 6.07 Å². The van der Waals surface area contributed by atoms with Gasteiger partial charge in [0.1, 0.15) is 11.1 Å². The Morgan fingerprint density at radius 2 is 1.68 bits per heavy atom. The van der Waals surface area contributed by atoms with Gasteiger partial charge in [-0.2, -0.15) is 0 Å². The van der Waals surface area contributed by atoms with Crippen LogP contribution in [0.4, 0.5) is 11.4 Å². The zero-order chi connectivity index (χ0) is 23.6. The summed E-state index contributed by atoms with van der Waals surface area (Å²) in [4.78, 5) is 41.4. The van der Waals surface area contributed by atoms with Gasteiger partial charge in [-0.05, 0) is 31.0 Å². The maximum absolute atomic E-state index is 12.8. The van der Waals surface area contributed by atoms with E-state index in [-0.39, 0.29) is 22.7 Å². The normalized spacial score (nSPS) is 12.0. The number of amides is 1. The Morgan fingerprint density at radius 3 is 2.16 bits per heavy atom. The minimum Gasteiger partial charge on any atom is -0.473 e. The molecule has 0 saturated heterocycles. The maximum atomic E-state index is 12.8. The number of nitrogens with zero attached hydrogens (tertiary/aromatic N) is 1. The SMILES string of the molecule is CCC(C)NC(C(=O)Nc1ccc(Cl)c([N+](=O)[O-])c1)c1ccccc1.O=C(O)C(=O)O. The standard InChI is InChI=1S/C18H20ClN3O3.C2H2O4/c1-3-12(2)20-17(13-7-5-4-6-8-13)18(23)21-14-9-10-15(19)16(11-14)22(24)25;3-1(4)2(5)6/h4-12,17,20H,3H2,1-2H3,(H,21,23);(H,3,4)(H,5,6). The number of nitrogens with one attached hydrogen (secondary N) is 2. The molecular formula is C20H22ClN3O7. The van der Waals surface area contributed by atoms with Crippen LogP contribution in [0.5, 0.6) is 0 Å². The van der Waals surface area contributed by atoms with Gasteiger partial charge in [-0.1, -0.05) is 48.9 Å². The number of nitro benzene ring substituents is 1. The molecule has 0 radical (unpaired) electrons. The van der Waals surface area contributed by atoms with Crippen LogP contribution in [0.15, 0.2) is 48.5 Å². The first kappa shape index (κ1) is 25.5. The van der Waals surface area contributed by atoms with Gasteiger partial charge in [0.05, 0.1) is 4.92 Å². The molecule has 2 aromatic carbocycles. The molecule has 4 N–H and O–H groups in total. The zero-order valence-electron chi connectivity index (χ0n) is 16.7. The molecule has 0 aliphatic heterocycles. The Morgan fingerprint density at radius 1 is 1.10 bits per heavy atom. The molecular weight excluding hydrogens is 430 g/mol. The van der Waals surface area contributed by atoms with E-state index < -0.39 is 22.9 Å². The van der Waals surface area contributed by atoms with Gasteiger partial charge in [-0.25, -0.2) is 9.59 Å². The lowest BCUT2D eigenvalue weighted by Gasteiger charge is -2.22. The lowest BCUT2D eigenvalue weighted by atomic mass is 10.0. The number of carbonyl (C=O) groups is 3. The molecule has 166 valence electrons. The first-order valence-electron chi connectivity index (χ1n) is 9.08. The molecule has 0 aromatic heterocycles. The highest BCUT2D eigenvalue weighted by molar-refractivity contribution is 6.32. The second-order valence-corrected chi connectivity index (χ2v) is 6.75. The Kier molecular flexibility index (Phi) is 10.1. The van der Waals surface area contributed by atoms with E-state index in [1.165, 1.54) is 12.1 Å². The second-order valence-electron chi connectivity index (χ2n) is 6.34. The fourth-order valence-corrected chi connectivity index (χ4v) is 2.50. The number of rotatable bonds is 7. The molecule has 0 heterocycles. The summed E-state index contributed by atoms with van der Waals surface area (Å²) in [5, 5.41) is 31.8. The van der Waals surface area contributed by atoms with Crippen molar-refractivity contribution in [3.63, 3.8) is 0 Å². The van der Waals surface area contributed by atoms with Gasteiger partial charge in [0, 0.05) is 17.8 Å². The summed E-state index contributed by atoms with van der Waals surface area (Å²) < 4.78 is 0. The predicted molar refractivity (Wildman–Crippen MR) is 114 cm³/mol. The molecule has 11 heteroatoms. The van der Waals surface area contributed by atoms with E-state index in [0.717, 1.165) is 12.0 Å². The summed E-state index contributed by atoms with van der Waals surface area (Å²) in [6, 6.07) is 13.1. The third-order valence-electron chi connectivity index (χ3n) is 4.05. The number of aliphatic carboxylic acids is 2. The molecule has 2 rings (SSSR count). The average molecular weight is 452 g/mol.